The Morgan fingerprint density at radius 2 is 2.07 bits per heavy atom. The Balaban J connectivity index is 1.60. The van der Waals surface area contributed by atoms with Crippen LogP contribution in [0.15, 0.2) is 30.3 Å². The lowest BCUT2D eigenvalue weighted by Crippen LogP contribution is -2.51. The fourth-order valence-corrected chi connectivity index (χ4v) is 4.47. The van der Waals surface area contributed by atoms with Crippen LogP contribution in [0.3, 0.4) is 0 Å². The summed E-state index contributed by atoms with van der Waals surface area (Å²) < 4.78 is 16.8. The molecule has 4 atom stereocenters. The summed E-state index contributed by atoms with van der Waals surface area (Å²) in [6.45, 7) is 6.02. The minimum atomic E-state index is -0.403. The van der Waals surface area contributed by atoms with Crippen LogP contribution in [0.25, 0.3) is 0 Å². The lowest BCUT2D eigenvalue weighted by molar-refractivity contribution is -0.160. The van der Waals surface area contributed by atoms with Gasteiger partial charge in [0.1, 0.15) is 6.61 Å². The zero-order valence-electron chi connectivity index (χ0n) is 16.8. The molecule has 1 saturated heterocycles. The minimum absolute atomic E-state index is 0.0547. The van der Waals surface area contributed by atoms with Gasteiger partial charge in [0.05, 0.1) is 18.1 Å². The van der Waals surface area contributed by atoms with Crippen molar-refractivity contribution in [3.05, 3.63) is 35.9 Å². The Kier molecular flexibility index (Phi) is 6.90. The molecule has 1 N–H and O–H groups in total. The van der Waals surface area contributed by atoms with E-state index >= 15 is 0 Å². The summed E-state index contributed by atoms with van der Waals surface area (Å²) >= 11 is 0. The number of methoxy groups -OCH3 is 1. The van der Waals surface area contributed by atoms with Crippen molar-refractivity contribution < 1.29 is 19.0 Å². The van der Waals surface area contributed by atoms with Crippen LogP contribution in [0, 0.1) is 11.3 Å². The topological polar surface area (TPSA) is 56.8 Å². The average Bonchev–Trinajstić information content (AvgIpc) is 3.13. The number of hydrogen-bond acceptors (Lipinski definition) is 5. The zero-order chi connectivity index (χ0) is 19.3. The molecular formula is C22H33NO4. The van der Waals surface area contributed by atoms with Crippen molar-refractivity contribution in [3.8, 4) is 0 Å². The van der Waals surface area contributed by atoms with Crippen LogP contribution in [-0.2, 0) is 25.6 Å². The Labute approximate surface area is 162 Å². The van der Waals surface area contributed by atoms with Gasteiger partial charge < -0.3 is 19.5 Å². The molecule has 27 heavy (non-hydrogen) atoms. The zero-order valence-corrected chi connectivity index (χ0v) is 16.8. The summed E-state index contributed by atoms with van der Waals surface area (Å²) in [4.78, 5) is 13.0. The number of benzene rings is 1. The highest BCUT2D eigenvalue weighted by molar-refractivity contribution is 5.77. The van der Waals surface area contributed by atoms with E-state index in [1.807, 2.05) is 30.3 Å². The van der Waals surface area contributed by atoms with E-state index in [0.29, 0.717) is 19.3 Å². The van der Waals surface area contributed by atoms with Gasteiger partial charge in [0, 0.05) is 25.8 Å². The van der Waals surface area contributed by atoms with Crippen LogP contribution < -0.4 is 5.32 Å². The highest BCUT2D eigenvalue weighted by atomic mass is 16.5. The van der Waals surface area contributed by atoms with Gasteiger partial charge in [-0.3, -0.25) is 4.79 Å². The highest BCUT2D eigenvalue weighted by Crippen LogP contribution is 2.46. The van der Waals surface area contributed by atoms with E-state index in [4.69, 9.17) is 14.2 Å². The molecule has 2 aliphatic rings. The number of hydrogen-bond donors (Lipinski definition) is 1. The van der Waals surface area contributed by atoms with Crippen molar-refractivity contribution >= 4 is 5.97 Å². The maximum absolute atomic E-state index is 13.0. The van der Waals surface area contributed by atoms with Crippen LogP contribution in [0.4, 0.5) is 0 Å². The second-order valence-corrected chi connectivity index (χ2v) is 8.22. The molecule has 2 fully saturated rings. The molecule has 5 heteroatoms. The Hall–Kier alpha value is -1.43. The minimum Gasteiger partial charge on any atom is -0.460 e. The molecule has 0 radical (unpaired) electrons. The summed E-state index contributed by atoms with van der Waals surface area (Å²) in [5.74, 6) is 0.196. The van der Waals surface area contributed by atoms with Gasteiger partial charge in [-0.15, -0.1) is 0 Å². The fraction of sp³-hybridized carbons (Fsp3) is 0.682. The molecule has 0 unspecified atom stereocenters. The summed E-state index contributed by atoms with van der Waals surface area (Å²) in [5, 5.41) is 3.74. The predicted molar refractivity (Wildman–Crippen MR) is 104 cm³/mol. The number of carbonyl (C=O) groups is 1. The molecule has 1 saturated carbocycles. The third kappa shape index (κ3) is 4.71. The molecule has 1 aromatic rings. The Bertz CT molecular complexity index is 606. The van der Waals surface area contributed by atoms with E-state index in [1.165, 1.54) is 0 Å². The lowest BCUT2D eigenvalue weighted by Gasteiger charge is -2.35. The van der Waals surface area contributed by atoms with Gasteiger partial charge in [-0.1, -0.05) is 44.2 Å². The summed E-state index contributed by atoms with van der Waals surface area (Å²) in [6, 6.07) is 10.5. The van der Waals surface area contributed by atoms with Crippen molar-refractivity contribution in [2.24, 2.45) is 11.3 Å². The molecule has 3 rings (SSSR count). The number of nitrogens with one attached hydrogen (secondary N) is 1. The van der Waals surface area contributed by atoms with Gasteiger partial charge in [0.2, 0.25) is 0 Å². The first-order valence-electron chi connectivity index (χ1n) is 10.1. The second-order valence-electron chi connectivity index (χ2n) is 8.22. The standard InChI is InChI=1S/C22H33NO4/c1-16(2)22(21(24)27-14-17-7-5-4-6-8-17)11-9-18(13-22)23-19-10-12-26-15-20(19)25-3/h4-8,16,18-20,23H,9-15H2,1-3H3/t18-,19+,20-,22+/m1/s1. The monoisotopic (exact) mass is 375 g/mol. The molecule has 0 amide bonds. The van der Waals surface area contributed by atoms with Crippen LogP contribution in [0.1, 0.15) is 45.1 Å². The van der Waals surface area contributed by atoms with Crippen molar-refractivity contribution in [1.82, 2.24) is 5.32 Å². The molecule has 1 aliphatic carbocycles. The van der Waals surface area contributed by atoms with Crippen molar-refractivity contribution in [1.29, 1.82) is 0 Å². The lowest BCUT2D eigenvalue weighted by atomic mass is 9.75. The molecule has 1 heterocycles. The van der Waals surface area contributed by atoms with Gasteiger partial charge in [0.25, 0.3) is 0 Å². The average molecular weight is 376 g/mol. The molecule has 5 nitrogen and oxygen atoms in total. The first-order chi connectivity index (χ1) is 13.0. The maximum atomic E-state index is 13.0. The van der Waals surface area contributed by atoms with Gasteiger partial charge in [0.15, 0.2) is 0 Å². The molecular weight excluding hydrogens is 342 g/mol. The van der Waals surface area contributed by atoms with Gasteiger partial charge in [-0.05, 0) is 37.2 Å². The first kappa shape index (κ1) is 20.3. The number of ether oxygens (including phenoxy) is 3. The van der Waals surface area contributed by atoms with Crippen molar-refractivity contribution in [3.63, 3.8) is 0 Å². The third-order valence-corrected chi connectivity index (χ3v) is 6.33. The van der Waals surface area contributed by atoms with Crippen LogP contribution in [0.2, 0.25) is 0 Å². The first-order valence-corrected chi connectivity index (χ1v) is 10.1. The van der Waals surface area contributed by atoms with Crippen LogP contribution in [0.5, 0.6) is 0 Å². The van der Waals surface area contributed by atoms with Crippen LogP contribution >= 0.6 is 0 Å². The number of rotatable bonds is 7. The Morgan fingerprint density at radius 1 is 1.30 bits per heavy atom. The summed E-state index contributed by atoms with van der Waals surface area (Å²) in [6.07, 6.45) is 3.72. The van der Waals surface area contributed by atoms with E-state index in [1.54, 1.807) is 7.11 Å². The van der Waals surface area contributed by atoms with Gasteiger partial charge in [-0.25, -0.2) is 0 Å². The molecule has 0 spiro atoms. The predicted octanol–water partition coefficient (Wildman–Crippen LogP) is 3.32. The van der Waals surface area contributed by atoms with Crippen LogP contribution in [-0.4, -0.2) is 44.5 Å². The smallest absolute Gasteiger partial charge is 0.312 e. The summed E-state index contributed by atoms with van der Waals surface area (Å²) in [5.41, 5.74) is 0.628. The molecule has 0 bridgehead atoms. The normalized spacial score (nSPS) is 31.2. The van der Waals surface area contributed by atoms with E-state index in [9.17, 15) is 4.79 Å². The van der Waals surface area contributed by atoms with E-state index in [0.717, 1.165) is 37.9 Å². The molecule has 0 aromatic heterocycles. The van der Waals surface area contributed by atoms with Crippen molar-refractivity contribution in [2.75, 3.05) is 20.3 Å². The largest absolute Gasteiger partial charge is 0.460 e. The highest BCUT2D eigenvalue weighted by Gasteiger charge is 2.49. The quantitative estimate of drug-likeness (QED) is 0.741. The molecule has 1 aliphatic heterocycles. The van der Waals surface area contributed by atoms with Gasteiger partial charge in [-0.2, -0.15) is 0 Å². The SMILES string of the molecule is CO[C@@H]1COCC[C@@H]1N[C@@H]1CC[C@@](C(=O)OCc2ccccc2)(C(C)C)C1. The van der Waals surface area contributed by atoms with E-state index < -0.39 is 5.41 Å². The second kappa shape index (κ2) is 9.18. The van der Waals surface area contributed by atoms with E-state index in [2.05, 4.69) is 19.2 Å². The molecule has 1 aromatic carbocycles. The summed E-state index contributed by atoms with van der Waals surface area (Å²) in [7, 11) is 1.74. The fourth-order valence-electron chi connectivity index (χ4n) is 4.47. The van der Waals surface area contributed by atoms with E-state index in [-0.39, 0.29) is 24.0 Å². The third-order valence-electron chi connectivity index (χ3n) is 6.33. The number of carbonyl (C=O) groups excluding carboxylic acids is 1. The van der Waals surface area contributed by atoms with Gasteiger partial charge >= 0.3 is 5.97 Å². The number of esters is 1. The van der Waals surface area contributed by atoms with Crippen molar-refractivity contribution in [2.45, 2.75) is 64.3 Å². The molecule has 150 valence electrons. The Morgan fingerprint density at radius 3 is 2.78 bits per heavy atom. The maximum Gasteiger partial charge on any atom is 0.312 e.